The topological polar surface area (TPSA) is 26.0 Å². The molecule has 2 N–H and O–H groups in total. The van der Waals surface area contributed by atoms with Crippen LogP contribution in [0.5, 0.6) is 0 Å². The lowest BCUT2D eigenvalue weighted by atomic mass is 9.92. The van der Waals surface area contributed by atoms with E-state index in [1.807, 2.05) is 0 Å². The van der Waals surface area contributed by atoms with Gasteiger partial charge in [-0.2, -0.15) is 0 Å². The van der Waals surface area contributed by atoms with Crippen LogP contribution < -0.4 is 5.73 Å². The van der Waals surface area contributed by atoms with Crippen molar-refractivity contribution in [2.24, 2.45) is 5.73 Å². The number of hydrogen-bond donors (Lipinski definition) is 1. The maximum absolute atomic E-state index is 14.4. The van der Waals surface area contributed by atoms with Crippen molar-refractivity contribution in [3.63, 3.8) is 0 Å². The van der Waals surface area contributed by atoms with Gasteiger partial charge in [0, 0.05) is 18.0 Å². The number of alkyl halides is 1. The molecule has 0 amide bonds. The van der Waals surface area contributed by atoms with E-state index in [1.165, 1.54) is 19.1 Å². The van der Waals surface area contributed by atoms with Crippen LogP contribution in [0.15, 0.2) is 12.1 Å². The van der Waals surface area contributed by atoms with E-state index in [0.29, 0.717) is 6.42 Å². The molecule has 1 aromatic carbocycles. The van der Waals surface area contributed by atoms with E-state index in [4.69, 9.17) is 5.73 Å². The third-order valence-electron chi connectivity index (χ3n) is 3.26. The van der Waals surface area contributed by atoms with Crippen LogP contribution in [-0.2, 0) is 5.67 Å². The second-order valence-corrected chi connectivity index (χ2v) is 4.53. The number of hydrogen-bond acceptors (Lipinski definition) is 1. The molecule has 0 heterocycles. The van der Waals surface area contributed by atoms with Crippen molar-refractivity contribution >= 4 is 0 Å². The predicted octanol–water partition coefficient (Wildman–Crippen LogP) is 2.95. The highest BCUT2D eigenvalue weighted by Crippen LogP contribution is 2.43. The summed E-state index contributed by atoms with van der Waals surface area (Å²) in [6.07, 6.45) is 0.728. The molecule has 2 atom stereocenters. The lowest BCUT2D eigenvalue weighted by Crippen LogP contribution is -2.23. The van der Waals surface area contributed by atoms with E-state index in [9.17, 15) is 13.2 Å². The zero-order valence-electron chi connectivity index (χ0n) is 9.06. The molecule has 0 bridgehead atoms. The summed E-state index contributed by atoms with van der Waals surface area (Å²) in [4.78, 5) is 0. The van der Waals surface area contributed by atoms with Crippen LogP contribution in [0, 0.1) is 18.6 Å². The Morgan fingerprint density at radius 2 is 2.00 bits per heavy atom. The van der Waals surface area contributed by atoms with Crippen LogP contribution >= 0.6 is 0 Å². The van der Waals surface area contributed by atoms with Gasteiger partial charge in [-0.25, -0.2) is 13.2 Å². The minimum absolute atomic E-state index is 0.0619. The number of halogens is 3. The molecule has 4 heteroatoms. The predicted molar refractivity (Wildman–Crippen MR) is 55.7 cm³/mol. The lowest BCUT2D eigenvalue weighted by Gasteiger charge is -2.21. The third kappa shape index (κ3) is 1.71. The van der Waals surface area contributed by atoms with E-state index in [0.717, 1.165) is 0 Å². The van der Waals surface area contributed by atoms with Crippen molar-refractivity contribution < 1.29 is 13.2 Å². The number of aryl methyl sites for hydroxylation is 1. The molecule has 1 aromatic rings. The van der Waals surface area contributed by atoms with E-state index in [-0.39, 0.29) is 30.0 Å². The van der Waals surface area contributed by atoms with Gasteiger partial charge in [-0.1, -0.05) is 12.1 Å². The average Bonchev–Trinajstić information content (AvgIpc) is 2.56. The maximum atomic E-state index is 14.4. The zero-order chi connectivity index (χ0) is 11.9. The summed E-state index contributed by atoms with van der Waals surface area (Å²) in [7, 11) is 0. The number of rotatable bonds is 1. The standard InChI is InChI=1S/C12H14F3N/c1-7-2-3-9(11(14)10(7)13)12(15)5-4-8(16)6-12/h2-3,8H,4-6,16H2,1H3. The largest absolute Gasteiger partial charge is 0.328 e. The molecule has 0 aliphatic heterocycles. The lowest BCUT2D eigenvalue weighted by molar-refractivity contribution is 0.164. The van der Waals surface area contributed by atoms with Gasteiger partial charge in [0.1, 0.15) is 5.67 Å². The fraction of sp³-hybridized carbons (Fsp3) is 0.500. The molecule has 0 spiro atoms. The zero-order valence-corrected chi connectivity index (χ0v) is 9.06. The molecule has 0 radical (unpaired) electrons. The quantitative estimate of drug-likeness (QED) is 0.787. The van der Waals surface area contributed by atoms with Crippen LogP contribution in [-0.4, -0.2) is 6.04 Å². The Morgan fingerprint density at radius 1 is 1.31 bits per heavy atom. The summed E-state index contributed by atoms with van der Waals surface area (Å²) in [6.45, 7) is 1.45. The van der Waals surface area contributed by atoms with Gasteiger partial charge in [0.2, 0.25) is 0 Å². The van der Waals surface area contributed by atoms with Gasteiger partial charge in [0.25, 0.3) is 0 Å². The minimum Gasteiger partial charge on any atom is -0.328 e. The van der Waals surface area contributed by atoms with Gasteiger partial charge in [-0.15, -0.1) is 0 Å². The Labute approximate surface area is 92.5 Å². The minimum atomic E-state index is -1.81. The highest BCUT2D eigenvalue weighted by molar-refractivity contribution is 5.31. The SMILES string of the molecule is Cc1ccc(C2(F)CCC(N)C2)c(F)c1F. The van der Waals surface area contributed by atoms with E-state index < -0.39 is 17.3 Å². The smallest absolute Gasteiger partial charge is 0.165 e. The van der Waals surface area contributed by atoms with Crippen molar-refractivity contribution in [1.29, 1.82) is 0 Å². The van der Waals surface area contributed by atoms with Gasteiger partial charge >= 0.3 is 0 Å². The first-order valence-electron chi connectivity index (χ1n) is 5.33. The molecule has 1 saturated carbocycles. The molecule has 1 fully saturated rings. The molecular formula is C12H14F3N. The number of nitrogens with two attached hydrogens (primary N) is 1. The van der Waals surface area contributed by atoms with Crippen LogP contribution in [0.25, 0.3) is 0 Å². The van der Waals surface area contributed by atoms with Crippen molar-refractivity contribution in [3.8, 4) is 0 Å². The van der Waals surface area contributed by atoms with Gasteiger partial charge in [-0.05, 0) is 25.3 Å². The van der Waals surface area contributed by atoms with E-state index in [1.54, 1.807) is 0 Å². The van der Waals surface area contributed by atoms with Gasteiger partial charge in [0.15, 0.2) is 11.6 Å². The number of benzene rings is 1. The monoisotopic (exact) mass is 229 g/mol. The second-order valence-electron chi connectivity index (χ2n) is 4.53. The highest BCUT2D eigenvalue weighted by atomic mass is 19.2. The summed E-state index contributed by atoms with van der Waals surface area (Å²) in [5.74, 6) is -2.04. The summed E-state index contributed by atoms with van der Waals surface area (Å²) in [5, 5.41) is 0. The molecule has 1 nitrogen and oxygen atoms in total. The maximum Gasteiger partial charge on any atom is 0.165 e. The van der Waals surface area contributed by atoms with Crippen LogP contribution in [0.1, 0.15) is 30.4 Å². The normalized spacial score (nSPS) is 29.7. The van der Waals surface area contributed by atoms with Crippen LogP contribution in [0.2, 0.25) is 0 Å². The van der Waals surface area contributed by atoms with E-state index in [2.05, 4.69) is 0 Å². The summed E-state index contributed by atoms with van der Waals surface area (Å²) < 4.78 is 41.4. The Morgan fingerprint density at radius 3 is 2.56 bits per heavy atom. The van der Waals surface area contributed by atoms with Gasteiger partial charge < -0.3 is 5.73 Å². The van der Waals surface area contributed by atoms with Crippen molar-refractivity contribution in [2.75, 3.05) is 0 Å². The average molecular weight is 229 g/mol. The van der Waals surface area contributed by atoms with E-state index >= 15 is 0 Å². The Bertz CT molecular complexity index is 419. The fourth-order valence-electron chi connectivity index (χ4n) is 2.27. The summed E-state index contributed by atoms with van der Waals surface area (Å²) >= 11 is 0. The van der Waals surface area contributed by atoms with Crippen LogP contribution in [0.3, 0.4) is 0 Å². The molecular weight excluding hydrogens is 215 g/mol. The van der Waals surface area contributed by atoms with Gasteiger partial charge in [0.05, 0.1) is 0 Å². The molecule has 1 aliphatic rings. The molecule has 16 heavy (non-hydrogen) atoms. The first-order valence-corrected chi connectivity index (χ1v) is 5.33. The summed E-state index contributed by atoms with van der Waals surface area (Å²) in [6, 6.07) is 2.46. The molecule has 0 aromatic heterocycles. The highest BCUT2D eigenvalue weighted by Gasteiger charge is 2.42. The van der Waals surface area contributed by atoms with Crippen molar-refractivity contribution in [3.05, 3.63) is 34.9 Å². The van der Waals surface area contributed by atoms with Crippen molar-refractivity contribution in [2.45, 2.75) is 37.9 Å². The van der Waals surface area contributed by atoms with Crippen molar-refractivity contribution in [1.82, 2.24) is 0 Å². The Hall–Kier alpha value is -1.03. The molecule has 0 saturated heterocycles. The summed E-state index contributed by atoms with van der Waals surface area (Å²) in [5.41, 5.74) is 3.80. The molecule has 2 unspecified atom stereocenters. The molecule has 1 aliphatic carbocycles. The first-order chi connectivity index (χ1) is 7.44. The Balaban J connectivity index is 2.45. The molecule has 88 valence electrons. The van der Waals surface area contributed by atoms with Gasteiger partial charge in [-0.3, -0.25) is 0 Å². The second kappa shape index (κ2) is 3.77. The van der Waals surface area contributed by atoms with Crippen LogP contribution in [0.4, 0.5) is 13.2 Å². The molecule has 2 rings (SSSR count). The first kappa shape index (κ1) is 11.5. The Kier molecular flexibility index (Phi) is 2.70. The fourth-order valence-corrected chi connectivity index (χ4v) is 2.27. The third-order valence-corrected chi connectivity index (χ3v) is 3.26.